The first-order valence-electron chi connectivity index (χ1n) is 11.2. The number of rotatable bonds is 8. The number of aliphatic hydroxyl groups is 1. The molecule has 2 aromatic carbocycles. The first-order chi connectivity index (χ1) is 14.6. The Balaban J connectivity index is 1.46. The molecule has 5 heteroatoms. The van der Waals surface area contributed by atoms with Crippen LogP contribution in [0.25, 0.3) is 0 Å². The summed E-state index contributed by atoms with van der Waals surface area (Å²) in [7, 11) is 0. The van der Waals surface area contributed by atoms with Gasteiger partial charge in [0.25, 0.3) is 0 Å². The van der Waals surface area contributed by atoms with Gasteiger partial charge in [-0.1, -0.05) is 54.6 Å². The van der Waals surface area contributed by atoms with E-state index in [0.717, 1.165) is 50.5 Å². The van der Waals surface area contributed by atoms with Gasteiger partial charge in [-0.15, -0.1) is 0 Å². The summed E-state index contributed by atoms with van der Waals surface area (Å²) in [6.45, 7) is 8.67. The Morgan fingerprint density at radius 1 is 1.10 bits per heavy atom. The number of likely N-dealkylation sites (tertiary alicyclic amines) is 1. The minimum Gasteiger partial charge on any atom is -0.391 e. The lowest BCUT2D eigenvalue weighted by Gasteiger charge is -2.33. The number of hydrogen-bond acceptors (Lipinski definition) is 3. The Morgan fingerprint density at radius 3 is 2.50 bits per heavy atom. The van der Waals surface area contributed by atoms with Crippen LogP contribution in [0, 0.1) is 6.92 Å². The van der Waals surface area contributed by atoms with Crippen LogP contribution in [-0.4, -0.2) is 54.3 Å². The largest absolute Gasteiger partial charge is 0.391 e. The molecule has 1 aliphatic rings. The third-order valence-electron chi connectivity index (χ3n) is 5.70. The molecule has 0 aliphatic carbocycles. The van der Waals surface area contributed by atoms with Crippen molar-refractivity contribution in [2.75, 3.05) is 26.2 Å². The van der Waals surface area contributed by atoms with Crippen LogP contribution in [0.15, 0.2) is 59.6 Å². The smallest absolute Gasteiger partial charge is 0.191 e. The Hall–Kier alpha value is -2.37. The molecular weight excluding hydrogens is 372 g/mol. The molecule has 1 saturated heterocycles. The van der Waals surface area contributed by atoms with Crippen LogP contribution in [-0.2, 0) is 13.0 Å². The van der Waals surface area contributed by atoms with Crippen molar-refractivity contribution in [3.05, 3.63) is 71.3 Å². The highest BCUT2D eigenvalue weighted by Crippen LogP contribution is 2.16. The monoisotopic (exact) mass is 408 g/mol. The highest BCUT2D eigenvalue weighted by Gasteiger charge is 2.20. The molecule has 1 aliphatic heterocycles. The lowest BCUT2D eigenvalue weighted by Crippen LogP contribution is -2.48. The van der Waals surface area contributed by atoms with E-state index in [-0.39, 0.29) is 0 Å². The standard InChI is InChI=1S/C25H36N4O/c1-3-26-25(27-18-24(30)17-21-10-5-4-6-11-21)28-23-13-15-29(16-14-23)19-22-12-8-7-9-20(22)2/h4-12,23-24,30H,3,13-19H2,1-2H3,(H2,26,27,28). The van der Waals surface area contributed by atoms with Gasteiger partial charge >= 0.3 is 0 Å². The number of hydrogen-bond donors (Lipinski definition) is 3. The lowest BCUT2D eigenvalue weighted by atomic mass is 10.0. The fourth-order valence-electron chi connectivity index (χ4n) is 3.92. The topological polar surface area (TPSA) is 59.9 Å². The van der Waals surface area contributed by atoms with Crippen molar-refractivity contribution >= 4 is 5.96 Å². The minimum absolute atomic E-state index is 0.399. The van der Waals surface area contributed by atoms with Crippen LogP contribution in [0.4, 0.5) is 0 Å². The molecule has 0 amide bonds. The molecule has 0 spiro atoms. The zero-order valence-electron chi connectivity index (χ0n) is 18.3. The number of piperidine rings is 1. The van der Waals surface area contributed by atoms with Gasteiger partial charge in [0, 0.05) is 38.6 Å². The van der Waals surface area contributed by atoms with Crippen molar-refractivity contribution in [2.24, 2.45) is 4.99 Å². The molecule has 0 aromatic heterocycles. The molecule has 1 atom stereocenters. The van der Waals surface area contributed by atoms with E-state index in [4.69, 9.17) is 0 Å². The molecule has 0 saturated carbocycles. The number of aliphatic hydroxyl groups excluding tert-OH is 1. The van der Waals surface area contributed by atoms with E-state index < -0.39 is 6.10 Å². The molecule has 2 aromatic rings. The van der Waals surface area contributed by atoms with E-state index in [9.17, 15) is 5.11 Å². The van der Waals surface area contributed by atoms with Crippen LogP contribution < -0.4 is 10.6 Å². The third kappa shape index (κ3) is 7.15. The highest BCUT2D eigenvalue weighted by atomic mass is 16.3. The number of nitrogens with zero attached hydrogens (tertiary/aromatic N) is 2. The van der Waals surface area contributed by atoms with E-state index >= 15 is 0 Å². The zero-order valence-corrected chi connectivity index (χ0v) is 18.3. The van der Waals surface area contributed by atoms with E-state index in [1.807, 2.05) is 30.3 Å². The van der Waals surface area contributed by atoms with Gasteiger partial charge < -0.3 is 15.7 Å². The number of nitrogens with one attached hydrogen (secondary N) is 2. The molecule has 0 bridgehead atoms. The first-order valence-corrected chi connectivity index (χ1v) is 11.2. The van der Waals surface area contributed by atoms with Crippen LogP contribution in [0.1, 0.15) is 36.5 Å². The maximum absolute atomic E-state index is 10.4. The zero-order chi connectivity index (χ0) is 21.2. The van der Waals surface area contributed by atoms with Gasteiger partial charge in [0.2, 0.25) is 0 Å². The first kappa shape index (κ1) is 22.3. The van der Waals surface area contributed by atoms with Gasteiger partial charge in [0.1, 0.15) is 0 Å². The average molecular weight is 409 g/mol. The summed E-state index contributed by atoms with van der Waals surface area (Å²) in [5.74, 6) is 0.807. The van der Waals surface area contributed by atoms with Crippen molar-refractivity contribution in [3.8, 4) is 0 Å². The predicted octanol–water partition coefficient (Wildman–Crippen LogP) is 3.12. The van der Waals surface area contributed by atoms with Gasteiger partial charge in [-0.2, -0.15) is 0 Å². The maximum Gasteiger partial charge on any atom is 0.191 e. The summed E-state index contributed by atoms with van der Waals surface area (Å²) in [6.07, 6.45) is 2.35. The Bertz CT molecular complexity index is 785. The molecule has 1 fully saturated rings. The third-order valence-corrected chi connectivity index (χ3v) is 5.70. The molecular formula is C25H36N4O. The lowest BCUT2D eigenvalue weighted by molar-refractivity contribution is 0.183. The SMILES string of the molecule is CCNC(=NCC(O)Cc1ccccc1)NC1CCN(Cc2ccccc2C)CC1. The summed E-state index contributed by atoms with van der Waals surface area (Å²) in [4.78, 5) is 7.17. The van der Waals surface area contributed by atoms with Crippen molar-refractivity contribution in [3.63, 3.8) is 0 Å². The fraction of sp³-hybridized carbons (Fsp3) is 0.480. The summed E-state index contributed by atoms with van der Waals surface area (Å²) in [5, 5.41) is 17.2. The molecule has 1 heterocycles. The van der Waals surface area contributed by atoms with Gasteiger partial charge in [-0.3, -0.25) is 9.89 Å². The number of aliphatic imine (C=N–C) groups is 1. The number of benzene rings is 2. The Labute approximate surface area is 181 Å². The van der Waals surface area contributed by atoms with Crippen LogP contribution >= 0.6 is 0 Å². The van der Waals surface area contributed by atoms with Gasteiger partial charge in [-0.25, -0.2) is 0 Å². The van der Waals surface area contributed by atoms with Crippen LogP contribution in [0.5, 0.6) is 0 Å². The summed E-state index contributed by atoms with van der Waals surface area (Å²) >= 11 is 0. The number of aryl methyl sites for hydroxylation is 1. The van der Waals surface area contributed by atoms with E-state index in [1.54, 1.807) is 0 Å². The fourth-order valence-corrected chi connectivity index (χ4v) is 3.92. The molecule has 3 N–H and O–H groups in total. The van der Waals surface area contributed by atoms with E-state index in [1.165, 1.54) is 11.1 Å². The highest BCUT2D eigenvalue weighted by molar-refractivity contribution is 5.80. The van der Waals surface area contributed by atoms with E-state index in [0.29, 0.717) is 19.0 Å². The van der Waals surface area contributed by atoms with Crippen molar-refractivity contribution in [2.45, 2.75) is 51.8 Å². The molecule has 0 radical (unpaired) electrons. The molecule has 162 valence electrons. The Kier molecular flexibility index (Phi) is 8.72. The van der Waals surface area contributed by atoms with Gasteiger partial charge in [-0.05, 0) is 43.4 Å². The van der Waals surface area contributed by atoms with Crippen LogP contribution in [0.2, 0.25) is 0 Å². The molecule has 1 unspecified atom stereocenters. The van der Waals surface area contributed by atoms with Gasteiger partial charge in [0.05, 0.1) is 12.6 Å². The average Bonchev–Trinajstić information content (AvgIpc) is 2.76. The maximum atomic E-state index is 10.4. The second-order valence-electron chi connectivity index (χ2n) is 8.18. The summed E-state index contributed by atoms with van der Waals surface area (Å²) in [5.41, 5.74) is 3.93. The molecule has 5 nitrogen and oxygen atoms in total. The molecule has 30 heavy (non-hydrogen) atoms. The van der Waals surface area contributed by atoms with Crippen LogP contribution in [0.3, 0.4) is 0 Å². The summed E-state index contributed by atoms with van der Waals surface area (Å²) < 4.78 is 0. The normalized spacial score (nSPS) is 17.0. The summed E-state index contributed by atoms with van der Waals surface area (Å²) in [6, 6.07) is 19.2. The second kappa shape index (κ2) is 11.7. The van der Waals surface area contributed by atoms with Crippen molar-refractivity contribution in [1.29, 1.82) is 0 Å². The Morgan fingerprint density at radius 2 is 1.80 bits per heavy atom. The van der Waals surface area contributed by atoms with E-state index in [2.05, 4.69) is 58.6 Å². The minimum atomic E-state index is -0.473. The predicted molar refractivity (Wildman–Crippen MR) is 125 cm³/mol. The second-order valence-corrected chi connectivity index (χ2v) is 8.18. The van der Waals surface area contributed by atoms with Crippen molar-refractivity contribution < 1.29 is 5.11 Å². The van der Waals surface area contributed by atoms with Gasteiger partial charge in [0.15, 0.2) is 5.96 Å². The molecule has 3 rings (SSSR count). The number of guanidine groups is 1. The van der Waals surface area contributed by atoms with Crippen molar-refractivity contribution in [1.82, 2.24) is 15.5 Å². The quantitative estimate of drug-likeness (QED) is 0.464.